The van der Waals surface area contributed by atoms with Gasteiger partial charge in [0, 0.05) is 24.6 Å². The van der Waals surface area contributed by atoms with Crippen LogP contribution < -0.4 is 21.1 Å². The fraction of sp³-hybridized carbons (Fsp3) is 0.273. The number of nitrogens with one attached hydrogen (secondary N) is 2. The molecule has 0 radical (unpaired) electrons. The molecule has 2 aromatic carbocycles. The van der Waals surface area contributed by atoms with Gasteiger partial charge in [0.15, 0.2) is 5.69 Å². The van der Waals surface area contributed by atoms with Crippen LogP contribution in [0.15, 0.2) is 53.3 Å². The molecule has 9 heteroatoms. The third kappa shape index (κ3) is 4.56. The predicted octanol–water partition coefficient (Wildman–Crippen LogP) is 1.57. The van der Waals surface area contributed by atoms with E-state index in [0.29, 0.717) is 28.7 Å². The minimum atomic E-state index is -0.628. The highest BCUT2D eigenvalue weighted by Crippen LogP contribution is 2.17. The Balaban J connectivity index is 1.38. The Kier molecular flexibility index (Phi) is 5.94. The van der Waals surface area contributed by atoms with E-state index < -0.39 is 11.8 Å². The Morgan fingerprint density at radius 3 is 2.52 bits per heavy atom. The molecule has 1 saturated heterocycles. The second kappa shape index (κ2) is 8.97. The third-order valence-electron chi connectivity index (χ3n) is 5.04. The van der Waals surface area contributed by atoms with Gasteiger partial charge in [-0.2, -0.15) is 5.10 Å². The third-order valence-corrected chi connectivity index (χ3v) is 5.04. The van der Waals surface area contributed by atoms with Gasteiger partial charge in [-0.1, -0.05) is 18.2 Å². The summed E-state index contributed by atoms with van der Waals surface area (Å²) in [5.41, 5.74) is 4.79. The molecule has 2 heterocycles. The fourth-order valence-corrected chi connectivity index (χ4v) is 3.38. The molecule has 1 aliphatic rings. The minimum absolute atomic E-state index is 0.0379. The standard InChI is InChI=1S/C22H22N4O5/c1-26-22(29)18-7-3-2-6-17(18)19(25-26)21(28)24-23-20(27)14-8-10-15(11-9-14)31-13-16-5-4-12-30-16/h2-3,6-11,16H,4-5,12-13H2,1H3,(H,23,27)(H,24,28)/t16-/m1/s1. The van der Waals surface area contributed by atoms with Crippen LogP contribution in [0.2, 0.25) is 0 Å². The number of aryl methyl sites for hydroxylation is 1. The average Bonchev–Trinajstić information content (AvgIpc) is 3.32. The maximum absolute atomic E-state index is 12.6. The Morgan fingerprint density at radius 1 is 1.10 bits per heavy atom. The topological polar surface area (TPSA) is 112 Å². The van der Waals surface area contributed by atoms with E-state index >= 15 is 0 Å². The van der Waals surface area contributed by atoms with Gasteiger partial charge in [0.2, 0.25) is 0 Å². The molecule has 1 fully saturated rings. The Labute approximate surface area is 177 Å². The maximum Gasteiger partial charge on any atom is 0.290 e. The van der Waals surface area contributed by atoms with Crippen LogP contribution in [0.3, 0.4) is 0 Å². The van der Waals surface area contributed by atoms with Crippen molar-refractivity contribution in [3.63, 3.8) is 0 Å². The second-order valence-electron chi connectivity index (χ2n) is 7.20. The number of hydrazine groups is 1. The molecule has 31 heavy (non-hydrogen) atoms. The second-order valence-corrected chi connectivity index (χ2v) is 7.20. The summed E-state index contributed by atoms with van der Waals surface area (Å²) >= 11 is 0. The van der Waals surface area contributed by atoms with Gasteiger partial charge >= 0.3 is 0 Å². The summed E-state index contributed by atoms with van der Waals surface area (Å²) in [5, 5.41) is 4.81. The molecule has 0 spiro atoms. The zero-order chi connectivity index (χ0) is 21.8. The molecule has 1 atom stereocenters. The van der Waals surface area contributed by atoms with Crippen LogP contribution in [-0.2, 0) is 11.8 Å². The van der Waals surface area contributed by atoms with Crippen LogP contribution in [0.5, 0.6) is 5.75 Å². The van der Waals surface area contributed by atoms with E-state index in [4.69, 9.17) is 9.47 Å². The summed E-state index contributed by atoms with van der Waals surface area (Å²) in [6.07, 6.45) is 2.14. The van der Waals surface area contributed by atoms with E-state index in [2.05, 4.69) is 16.0 Å². The van der Waals surface area contributed by atoms with Crippen molar-refractivity contribution in [3.05, 3.63) is 70.1 Å². The zero-order valence-electron chi connectivity index (χ0n) is 17.0. The lowest BCUT2D eigenvalue weighted by molar-refractivity contribution is 0.0679. The summed E-state index contributed by atoms with van der Waals surface area (Å²) < 4.78 is 12.3. The molecule has 4 rings (SSSR count). The van der Waals surface area contributed by atoms with Crippen molar-refractivity contribution in [2.45, 2.75) is 18.9 Å². The number of benzene rings is 2. The normalized spacial score (nSPS) is 15.6. The first-order valence-electron chi connectivity index (χ1n) is 9.94. The van der Waals surface area contributed by atoms with E-state index in [1.165, 1.54) is 7.05 Å². The number of aromatic nitrogens is 2. The molecule has 0 saturated carbocycles. The Morgan fingerprint density at radius 2 is 1.81 bits per heavy atom. The van der Waals surface area contributed by atoms with Gasteiger partial charge in [0.1, 0.15) is 12.4 Å². The summed E-state index contributed by atoms with van der Waals surface area (Å²) in [4.78, 5) is 37.2. The van der Waals surface area contributed by atoms with Crippen molar-refractivity contribution in [2.24, 2.45) is 7.05 Å². The number of rotatable bonds is 5. The maximum atomic E-state index is 12.6. The van der Waals surface area contributed by atoms with Crippen LogP contribution in [0.1, 0.15) is 33.7 Å². The van der Waals surface area contributed by atoms with E-state index in [1.807, 2.05) is 0 Å². The molecule has 0 unspecified atom stereocenters. The molecule has 1 aromatic heterocycles. The van der Waals surface area contributed by atoms with Gasteiger partial charge in [0.05, 0.1) is 11.5 Å². The first-order chi connectivity index (χ1) is 15.0. The van der Waals surface area contributed by atoms with Crippen molar-refractivity contribution in [2.75, 3.05) is 13.2 Å². The Bertz CT molecular complexity index is 1170. The molecule has 0 aliphatic carbocycles. The van der Waals surface area contributed by atoms with Crippen LogP contribution in [0.4, 0.5) is 0 Å². The van der Waals surface area contributed by atoms with Crippen LogP contribution >= 0.6 is 0 Å². The van der Waals surface area contributed by atoms with Crippen molar-refractivity contribution in [1.82, 2.24) is 20.6 Å². The monoisotopic (exact) mass is 422 g/mol. The highest BCUT2D eigenvalue weighted by Gasteiger charge is 2.17. The van der Waals surface area contributed by atoms with Crippen molar-refractivity contribution < 1.29 is 19.1 Å². The van der Waals surface area contributed by atoms with Crippen LogP contribution in [0, 0.1) is 0 Å². The highest BCUT2D eigenvalue weighted by atomic mass is 16.5. The first kappa shape index (κ1) is 20.5. The first-order valence-corrected chi connectivity index (χ1v) is 9.94. The van der Waals surface area contributed by atoms with Crippen molar-refractivity contribution in [3.8, 4) is 5.75 Å². The van der Waals surface area contributed by atoms with Gasteiger partial charge < -0.3 is 9.47 Å². The molecule has 2 amide bonds. The smallest absolute Gasteiger partial charge is 0.290 e. The summed E-state index contributed by atoms with van der Waals surface area (Å²) in [7, 11) is 1.46. The lowest BCUT2D eigenvalue weighted by atomic mass is 10.1. The molecule has 1 aliphatic heterocycles. The Hall–Kier alpha value is -3.72. The molecule has 160 valence electrons. The number of fused-ring (bicyclic) bond motifs is 1. The van der Waals surface area contributed by atoms with Gasteiger partial charge in [-0.15, -0.1) is 0 Å². The number of carbonyl (C=O) groups excluding carboxylic acids is 2. The van der Waals surface area contributed by atoms with E-state index in [0.717, 1.165) is 24.1 Å². The molecular weight excluding hydrogens is 400 g/mol. The minimum Gasteiger partial charge on any atom is -0.491 e. The highest BCUT2D eigenvalue weighted by molar-refractivity contribution is 6.06. The van der Waals surface area contributed by atoms with Gasteiger partial charge in [-0.25, -0.2) is 4.68 Å². The fourth-order valence-electron chi connectivity index (χ4n) is 3.38. The molecule has 0 bridgehead atoms. The molecule has 2 N–H and O–H groups in total. The number of nitrogens with zero attached hydrogens (tertiary/aromatic N) is 2. The average molecular weight is 422 g/mol. The lowest BCUT2D eigenvalue weighted by Crippen LogP contribution is -2.42. The van der Waals surface area contributed by atoms with Crippen molar-refractivity contribution in [1.29, 1.82) is 0 Å². The number of ether oxygens (including phenoxy) is 2. The van der Waals surface area contributed by atoms with Crippen molar-refractivity contribution >= 4 is 22.6 Å². The largest absolute Gasteiger partial charge is 0.491 e. The number of hydrogen-bond acceptors (Lipinski definition) is 6. The quantitative estimate of drug-likeness (QED) is 0.604. The van der Waals surface area contributed by atoms with Crippen LogP contribution in [-0.4, -0.2) is 40.9 Å². The predicted molar refractivity (Wildman–Crippen MR) is 113 cm³/mol. The number of amides is 2. The molecule has 9 nitrogen and oxygen atoms in total. The summed E-state index contributed by atoms with van der Waals surface area (Å²) in [5.74, 6) is -0.484. The molecule has 3 aromatic rings. The lowest BCUT2D eigenvalue weighted by Gasteiger charge is -2.12. The number of carbonyl (C=O) groups is 2. The zero-order valence-corrected chi connectivity index (χ0v) is 17.0. The summed E-state index contributed by atoms with van der Waals surface area (Å²) in [6, 6.07) is 13.3. The van der Waals surface area contributed by atoms with Gasteiger partial charge in [-0.3, -0.25) is 25.2 Å². The van der Waals surface area contributed by atoms with E-state index in [9.17, 15) is 14.4 Å². The number of hydrogen-bond donors (Lipinski definition) is 2. The van der Waals surface area contributed by atoms with Gasteiger partial charge in [-0.05, 0) is 43.2 Å². The van der Waals surface area contributed by atoms with E-state index in [-0.39, 0.29) is 17.4 Å². The van der Waals surface area contributed by atoms with Gasteiger partial charge in [0.25, 0.3) is 17.4 Å². The molecular formula is C22H22N4O5. The van der Waals surface area contributed by atoms with E-state index in [1.54, 1.807) is 48.5 Å². The summed E-state index contributed by atoms with van der Waals surface area (Å²) in [6.45, 7) is 1.24. The van der Waals surface area contributed by atoms with Crippen LogP contribution in [0.25, 0.3) is 10.8 Å². The SMILES string of the molecule is Cn1nc(C(=O)NNC(=O)c2ccc(OC[C@H]3CCCO3)cc2)c2ccccc2c1=O.